The van der Waals surface area contributed by atoms with Gasteiger partial charge in [0.05, 0.1) is 11.0 Å². The minimum absolute atomic E-state index is 0.0981. The third-order valence-corrected chi connectivity index (χ3v) is 9.68. The summed E-state index contributed by atoms with van der Waals surface area (Å²) >= 11 is 1.74. The first kappa shape index (κ1) is 32.2. The SMILES string of the molecule is CCC1CCN(CCCNC(=O)[C@H](CC(C)C)NC(=O)c2ccc3c(c2)nc(Cc2cccs2)n3C(CC)CC)CC1. The largest absolute Gasteiger partial charge is 0.354 e. The van der Waals surface area contributed by atoms with Crippen molar-refractivity contribution in [2.24, 2.45) is 11.8 Å². The number of aromatic nitrogens is 2. The van der Waals surface area contributed by atoms with Crippen molar-refractivity contribution in [1.29, 1.82) is 0 Å². The van der Waals surface area contributed by atoms with Gasteiger partial charge >= 0.3 is 0 Å². The van der Waals surface area contributed by atoms with E-state index in [0.29, 0.717) is 24.6 Å². The quantitative estimate of drug-likeness (QED) is 0.190. The van der Waals surface area contributed by atoms with Crippen LogP contribution in [0.4, 0.5) is 0 Å². The van der Waals surface area contributed by atoms with Crippen LogP contribution in [0.25, 0.3) is 11.0 Å². The number of nitrogens with zero attached hydrogens (tertiary/aromatic N) is 3. The van der Waals surface area contributed by atoms with E-state index in [2.05, 4.69) is 72.2 Å². The lowest BCUT2D eigenvalue weighted by Gasteiger charge is -2.31. The standard InChI is InChI=1S/C34H51N5O2S/c1-6-25-14-18-38(19-15-25)17-10-16-35-34(41)30(21-24(4)5)37-33(40)26-12-13-31-29(22-26)36-32(23-28-11-9-20-42-28)39(31)27(7-2)8-3/h9,11-13,20,22,24-25,27,30H,6-8,10,14-19,21,23H2,1-5H3,(H,35,41)(H,37,40)/t30-/m0/s1. The van der Waals surface area contributed by atoms with Gasteiger partial charge in [0.1, 0.15) is 11.9 Å². The summed E-state index contributed by atoms with van der Waals surface area (Å²) in [5.41, 5.74) is 2.42. The van der Waals surface area contributed by atoms with Gasteiger partial charge in [-0.1, -0.05) is 47.1 Å². The summed E-state index contributed by atoms with van der Waals surface area (Å²) in [5.74, 6) is 1.85. The molecule has 1 fully saturated rings. The van der Waals surface area contributed by atoms with E-state index < -0.39 is 6.04 Å². The molecule has 42 heavy (non-hydrogen) atoms. The van der Waals surface area contributed by atoms with Crippen molar-refractivity contribution in [3.8, 4) is 0 Å². The Labute approximate surface area is 256 Å². The number of amides is 2. The van der Waals surface area contributed by atoms with Crippen molar-refractivity contribution in [3.63, 3.8) is 0 Å². The summed E-state index contributed by atoms with van der Waals surface area (Å²) in [5, 5.41) is 8.23. The summed E-state index contributed by atoms with van der Waals surface area (Å²) in [6.07, 6.45) is 8.18. The second kappa shape index (κ2) is 15.7. The fourth-order valence-corrected chi connectivity index (χ4v) is 6.95. The van der Waals surface area contributed by atoms with E-state index in [0.717, 1.165) is 68.1 Å². The molecule has 0 spiro atoms. The molecule has 2 aromatic heterocycles. The number of thiophene rings is 1. The number of carbonyl (C=O) groups is 2. The third-order valence-electron chi connectivity index (χ3n) is 8.81. The van der Waals surface area contributed by atoms with Gasteiger partial charge in [-0.25, -0.2) is 4.98 Å². The first-order valence-corrected chi connectivity index (χ1v) is 17.0. The van der Waals surface area contributed by atoms with Gasteiger partial charge in [0.25, 0.3) is 5.91 Å². The number of fused-ring (bicyclic) bond motifs is 1. The first-order chi connectivity index (χ1) is 20.3. The average molecular weight is 594 g/mol. The van der Waals surface area contributed by atoms with Gasteiger partial charge in [-0.15, -0.1) is 11.3 Å². The van der Waals surface area contributed by atoms with Crippen molar-refractivity contribution in [2.75, 3.05) is 26.2 Å². The molecule has 2 amide bonds. The van der Waals surface area contributed by atoms with Crippen molar-refractivity contribution in [1.82, 2.24) is 25.1 Å². The van der Waals surface area contributed by atoms with E-state index in [1.54, 1.807) is 11.3 Å². The topological polar surface area (TPSA) is 79.3 Å². The molecule has 7 nitrogen and oxygen atoms in total. The van der Waals surface area contributed by atoms with Crippen LogP contribution >= 0.6 is 11.3 Å². The number of benzene rings is 1. The molecule has 0 unspecified atom stereocenters. The fourth-order valence-electron chi connectivity index (χ4n) is 6.25. The molecular formula is C34H51N5O2S. The maximum Gasteiger partial charge on any atom is 0.252 e. The zero-order valence-corrected chi connectivity index (χ0v) is 27.1. The van der Waals surface area contributed by atoms with Crippen LogP contribution in [0, 0.1) is 11.8 Å². The predicted octanol–water partition coefficient (Wildman–Crippen LogP) is 6.82. The highest BCUT2D eigenvalue weighted by Gasteiger charge is 2.24. The Morgan fingerprint density at radius 3 is 2.50 bits per heavy atom. The van der Waals surface area contributed by atoms with Gasteiger partial charge in [0.15, 0.2) is 0 Å². The molecule has 1 aliphatic rings. The summed E-state index contributed by atoms with van der Waals surface area (Å²) in [6, 6.07) is 9.79. The van der Waals surface area contributed by atoms with Crippen LogP contribution in [-0.4, -0.2) is 58.5 Å². The lowest BCUT2D eigenvalue weighted by Crippen LogP contribution is -2.48. The normalized spacial score (nSPS) is 15.5. The Morgan fingerprint density at radius 1 is 1.10 bits per heavy atom. The summed E-state index contributed by atoms with van der Waals surface area (Å²) in [6.45, 7) is 14.8. The van der Waals surface area contributed by atoms with Gasteiger partial charge < -0.3 is 20.1 Å². The van der Waals surface area contributed by atoms with E-state index >= 15 is 0 Å². The smallest absolute Gasteiger partial charge is 0.252 e. The molecular weight excluding hydrogens is 542 g/mol. The number of hydrogen-bond acceptors (Lipinski definition) is 5. The minimum atomic E-state index is -0.565. The Kier molecular flexibility index (Phi) is 12.0. The predicted molar refractivity (Wildman–Crippen MR) is 174 cm³/mol. The summed E-state index contributed by atoms with van der Waals surface area (Å²) < 4.78 is 2.36. The number of carbonyl (C=O) groups excluding carboxylic acids is 2. The van der Waals surface area contributed by atoms with Crippen molar-refractivity contribution in [3.05, 3.63) is 52.0 Å². The number of hydrogen-bond donors (Lipinski definition) is 2. The van der Waals surface area contributed by atoms with Crippen molar-refractivity contribution < 1.29 is 9.59 Å². The number of piperidine rings is 1. The lowest BCUT2D eigenvalue weighted by atomic mass is 9.94. The second-order valence-corrected chi connectivity index (χ2v) is 13.4. The first-order valence-electron chi connectivity index (χ1n) is 16.2. The van der Waals surface area contributed by atoms with E-state index in [1.165, 1.54) is 24.1 Å². The number of rotatable bonds is 15. The Bertz CT molecular complexity index is 1270. The van der Waals surface area contributed by atoms with E-state index in [-0.39, 0.29) is 17.7 Å². The Hall–Kier alpha value is -2.71. The molecule has 0 radical (unpaired) electrons. The molecule has 8 heteroatoms. The minimum Gasteiger partial charge on any atom is -0.354 e. The molecule has 4 rings (SSSR count). The number of nitrogens with one attached hydrogen (secondary N) is 2. The molecule has 0 saturated carbocycles. The molecule has 0 bridgehead atoms. The summed E-state index contributed by atoms with van der Waals surface area (Å²) in [7, 11) is 0. The molecule has 0 aliphatic carbocycles. The Morgan fingerprint density at radius 2 is 1.86 bits per heavy atom. The van der Waals surface area contributed by atoms with Gasteiger partial charge in [-0.05, 0) is 99.6 Å². The van der Waals surface area contributed by atoms with Crippen LogP contribution in [0.15, 0.2) is 35.7 Å². The van der Waals surface area contributed by atoms with Gasteiger partial charge in [0.2, 0.25) is 5.91 Å². The highest BCUT2D eigenvalue weighted by molar-refractivity contribution is 7.09. The summed E-state index contributed by atoms with van der Waals surface area (Å²) in [4.78, 5) is 35.4. The van der Waals surface area contributed by atoms with Crippen LogP contribution < -0.4 is 10.6 Å². The molecule has 1 aromatic carbocycles. The van der Waals surface area contributed by atoms with Crippen molar-refractivity contribution >= 4 is 34.2 Å². The molecule has 2 N–H and O–H groups in total. The van der Waals surface area contributed by atoms with Crippen LogP contribution in [0.5, 0.6) is 0 Å². The molecule has 1 aliphatic heterocycles. The zero-order valence-electron chi connectivity index (χ0n) is 26.3. The van der Waals surface area contributed by atoms with E-state index in [4.69, 9.17) is 4.98 Å². The highest BCUT2D eigenvalue weighted by Crippen LogP contribution is 2.28. The van der Waals surface area contributed by atoms with Crippen LogP contribution in [0.1, 0.15) is 107 Å². The van der Waals surface area contributed by atoms with E-state index in [9.17, 15) is 9.59 Å². The molecule has 3 heterocycles. The molecule has 230 valence electrons. The number of imidazole rings is 1. The van der Waals surface area contributed by atoms with E-state index in [1.807, 2.05) is 18.2 Å². The van der Waals surface area contributed by atoms with Gasteiger partial charge in [-0.2, -0.15) is 0 Å². The van der Waals surface area contributed by atoms with Gasteiger partial charge in [0, 0.05) is 29.4 Å². The maximum atomic E-state index is 13.4. The Balaban J connectivity index is 1.41. The highest BCUT2D eigenvalue weighted by atomic mass is 32.1. The number of likely N-dealkylation sites (tertiary alicyclic amines) is 1. The van der Waals surface area contributed by atoms with Crippen molar-refractivity contribution in [2.45, 2.75) is 98.1 Å². The molecule has 3 aromatic rings. The second-order valence-electron chi connectivity index (χ2n) is 12.3. The maximum absolute atomic E-state index is 13.4. The van der Waals surface area contributed by atoms with Gasteiger partial charge in [-0.3, -0.25) is 9.59 Å². The third kappa shape index (κ3) is 8.44. The van der Waals surface area contributed by atoms with Crippen LogP contribution in [0.2, 0.25) is 0 Å². The monoisotopic (exact) mass is 593 g/mol. The van der Waals surface area contributed by atoms with Crippen LogP contribution in [0.3, 0.4) is 0 Å². The molecule has 1 saturated heterocycles. The van der Waals surface area contributed by atoms with Crippen LogP contribution in [-0.2, 0) is 11.2 Å². The lowest BCUT2D eigenvalue weighted by molar-refractivity contribution is -0.123. The fraction of sp³-hybridized carbons (Fsp3) is 0.618. The molecule has 1 atom stereocenters. The zero-order chi connectivity index (χ0) is 30.1. The average Bonchev–Trinajstić information content (AvgIpc) is 3.63.